The minimum absolute atomic E-state index is 0.295. The van der Waals surface area contributed by atoms with Crippen LogP contribution in [-0.2, 0) is 4.74 Å². The molecule has 2 saturated carbocycles. The third kappa shape index (κ3) is 8.80. The maximum atomic E-state index is 14.2. The summed E-state index contributed by atoms with van der Waals surface area (Å²) in [5, 5.41) is 0. The summed E-state index contributed by atoms with van der Waals surface area (Å²) in [6.45, 7) is 5.13. The van der Waals surface area contributed by atoms with Crippen molar-refractivity contribution in [2.45, 2.75) is 90.9 Å². The van der Waals surface area contributed by atoms with Crippen molar-refractivity contribution in [2.24, 2.45) is 23.7 Å². The Morgan fingerprint density at radius 2 is 1.00 bits per heavy atom. The number of allylic oxidation sites excluding steroid dienone is 2. The second kappa shape index (κ2) is 15.7. The molecule has 0 saturated heterocycles. The Balaban J connectivity index is 1.47. The summed E-state index contributed by atoms with van der Waals surface area (Å²) < 4.78 is 61.8. The second-order valence-corrected chi connectivity index (χ2v) is 12.1. The number of hydrogen-bond donors (Lipinski definition) is 0. The van der Waals surface area contributed by atoms with Gasteiger partial charge in [0.15, 0.2) is 23.3 Å². The molecule has 0 heterocycles. The summed E-state index contributed by atoms with van der Waals surface area (Å²) in [5.74, 6) is -1.26. The van der Waals surface area contributed by atoms with Gasteiger partial charge in [0.25, 0.3) is 0 Å². The number of hydrogen-bond acceptors (Lipinski definition) is 1. The first kappa shape index (κ1) is 31.5. The van der Waals surface area contributed by atoms with Crippen LogP contribution < -0.4 is 0 Å². The molecule has 0 atom stereocenters. The zero-order chi connectivity index (χ0) is 29.2. The molecule has 2 aromatic carbocycles. The molecule has 0 N–H and O–H groups in total. The van der Waals surface area contributed by atoms with E-state index in [1.807, 2.05) is 12.2 Å². The highest BCUT2D eigenvalue weighted by Gasteiger charge is 2.26. The molecule has 224 valence electrons. The monoisotopic (exact) mass is 570 g/mol. The van der Waals surface area contributed by atoms with Crippen molar-refractivity contribution >= 4 is 11.1 Å². The molecule has 2 aliphatic rings. The number of ether oxygens (including phenoxy) is 1. The van der Waals surface area contributed by atoms with E-state index in [0.717, 1.165) is 74.3 Å². The number of benzene rings is 2. The van der Waals surface area contributed by atoms with Crippen LogP contribution in [0.3, 0.4) is 0 Å². The van der Waals surface area contributed by atoms with Crippen molar-refractivity contribution in [1.29, 1.82) is 0 Å². The summed E-state index contributed by atoms with van der Waals surface area (Å²) in [6.07, 6.45) is 17.7. The molecule has 0 bridgehead atoms. The number of rotatable bonds is 12. The molecule has 2 aromatic rings. The summed E-state index contributed by atoms with van der Waals surface area (Å²) in [5.41, 5.74) is 3.48. The zero-order valence-corrected chi connectivity index (χ0v) is 24.7. The second-order valence-electron chi connectivity index (χ2n) is 12.1. The van der Waals surface area contributed by atoms with E-state index in [-0.39, 0.29) is 0 Å². The standard InChI is InChI=1S/C36H46F4O/c1-3-5-25-7-11-27(12-8-25)31(29-15-17-33(37)35(39)23-29)19-21-41-22-20-32(30-16-18-34(38)36(40)24-30)28-13-9-26(6-4-2)10-14-28/h15-20,23-28H,3-14,21-22H2,1-2H3. The smallest absolute Gasteiger partial charge is 0.159 e. The Bertz CT molecular complexity index is 1080. The highest BCUT2D eigenvalue weighted by molar-refractivity contribution is 5.68. The van der Waals surface area contributed by atoms with Crippen LogP contribution in [0.1, 0.15) is 102 Å². The van der Waals surface area contributed by atoms with E-state index < -0.39 is 23.3 Å². The number of halogens is 4. The van der Waals surface area contributed by atoms with E-state index in [1.165, 1.54) is 49.9 Å². The predicted molar refractivity (Wildman–Crippen MR) is 160 cm³/mol. The maximum Gasteiger partial charge on any atom is 0.159 e. The van der Waals surface area contributed by atoms with Crippen molar-refractivity contribution < 1.29 is 22.3 Å². The van der Waals surface area contributed by atoms with Gasteiger partial charge in [-0.25, -0.2) is 17.6 Å². The molecule has 0 amide bonds. The van der Waals surface area contributed by atoms with Gasteiger partial charge in [0.05, 0.1) is 13.2 Å². The maximum absolute atomic E-state index is 14.2. The van der Waals surface area contributed by atoms with E-state index in [4.69, 9.17) is 4.74 Å². The van der Waals surface area contributed by atoms with Crippen LogP contribution in [0.5, 0.6) is 0 Å². The predicted octanol–water partition coefficient (Wildman–Crippen LogP) is 10.9. The fourth-order valence-corrected chi connectivity index (χ4v) is 7.10. The summed E-state index contributed by atoms with van der Waals surface area (Å²) in [6, 6.07) is 8.34. The molecule has 41 heavy (non-hydrogen) atoms. The van der Waals surface area contributed by atoms with E-state index in [0.29, 0.717) is 36.2 Å². The van der Waals surface area contributed by atoms with Crippen molar-refractivity contribution in [3.63, 3.8) is 0 Å². The fraction of sp³-hybridized carbons (Fsp3) is 0.556. The SMILES string of the molecule is CCCC1CCC(C(=CCOCC=C(c2ccc(F)c(F)c2)C2CCC(CCC)CC2)c2ccc(F)c(F)c2)CC1. The summed E-state index contributed by atoms with van der Waals surface area (Å²) in [4.78, 5) is 0. The Kier molecular flexibility index (Phi) is 12.1. The van der Waals surface area contributed by atoms with Gasteiger partial charge >= 0.3 is 0 Å². The average Bonchev–Trinajstić information content (AvgIpc) is 2.97. The Hall–Kier alpha value is -2.40. The Morgan fingerprint density at radius 3 is 1.34 bits per heavy atom. The molecule has 2 fully saturated rings. The van der Waals surface area contributed by atoms with Crippen LogP contribution in [0.25, 0.3) is 11.1 Å². The topological polar surface area (TPSA) is 9.23 Å². The van der Waals surface area contributed by atoms with Gasteiger partial charge in [-0.3, -0.25) is 0 Å². The van der Waals surface area contributed by atoms with Crippen LogP contribution in [0, 0.1) is 46.9 Å². The first-order valence-corrected chi connectivity index (χ1v) is 15.8. The molecule has 2 aliphatic carbocycles. The third-order valence-electron chi connectivity index (χ3n) is 9.32. The average molecular weight is 571 g/mol. The van der Waals surface area contributed by atoms with Crippen molar-refractivity contribution in [2.75, 3.05) is 13.2 Å². The summed E-state index contributed by atoms with van der Waals surface area (Å²) >= 11 is 0. The lowest BCUT2D eigenvalue weighted by Crippen LogP contribution is -2.17. The highest BCUT2D eigenvalue weighted by Crippen LogP contribution is 2.41. The normalized spacial score (nSPS) is 24.0. The molecule has 0 spiro atoms. The van der Waals surface area contributed by atoms with Crippen LogP contribution in [0.2, 0.25) is 0 Å². The molecular formula is C36H46F4O. The first-order valence-electron chi connectivity index (χ1n) is 15.8. The highest BCUT2D eigenvalue weighted by atomic mass is 19.2. The van der Waals surface area contributed by atoms with Crippen LogP contribution in [-0.4, -0.2) is 13.2 Å². The molecular weight excluding hydrogens is 524 g/mol. The van der Waals surface area contributed by atoms with Crippen molar-refractivity contribution in [3.05, 3.63) is 82.9 Å². The third-order valence-corrected chi connectivity index (χ3v) is 9.32. The van der Waals surface area contributed by atoms with E-state index in [2.05, 4.69) is 13.8 Å². The quantitative estimate of drug-likeness (QED) is 0.182. The van der Waals surface area contributed by atoms with Gasteiger partial charge < -0.3 is 4.74 Å². The Morgan fingerprint density at radius 1 is 0.610 bits per heavy atom. The van der Waals surface area contributed by atoms with E-state index in [1.54, 1.807) is 12.1 Å². The van der Waals surface area contributed by atoms with E-state index >= 15 is 0 Å². The van der Waals surface area contributed by atoms with Gasteiger partial charge in [0.2, 0.25) is 0 Å². The minimum atomic E-state index is -0.838. The van der Waals surface area contributed by atoms with Crippen LogP contribution in [0.4, 0.5) is 17.6 Å². The lowest BCUT2D eigenvalue weighted by atomic mass is 9.75. The minimum Gasteiger partial charge on any atom is -0.373 e. The van der Waals surface area contributed by atoms with Crippen molar-refractivity contribution in [3.8, 4) is 0 Å². The first-order chi connectivity index (χ1) is 19.9. The molecule has 5 heteroatoms. The molecule has 0 radical (unpaired) electrons. The van der Waals surface area contributed by atoms with Gasteiger partial charge in [-0.2, -0.15) is 0 Å². The lowest BCUT2D eigenvalue weighted by molar-refractivity contribution is 0.193. The van der Waals surface area contributed by atoms with Crippen LogP contribution in [0.15, 0.2) is 48.6 Å². The van der Waals surface area contributed by atoms with E-state index in [9.17, 15) is 17.6 Å². The van der Waals surface area contributed by atoms with Crippen LogP contribution >= 0.6 is 0 Å². The molecule has 0 unspecified atom stereocenters. The largest absolute Gasteiger partial charge is 0.373 e. The van der Waals surface area contributed by atoms with Gasteiger partial charge in [-0.05, 0) is 122 Å². The fourth-order valence-electron chi connectivity index (χ4n) is 7.10. The zero-order valence-electron chi connectivity index (χ0n) is 24.7. The molecule has 0 aromatic heterocycles. The van der Waals surface area contributed by atoms with Gasteiger partial charge in [0, 0.05) is 0 Å². The molecule has 0 aliphatic heterocycles. The van der Waals surface area contributed by atoms with Crippen molar-refractivity contribution in [1.82, 2.24) is 0 Å². The summed E-state index contributed by atoms with van der Waals surface area (Å²) in [7, 11) is 0. The van der Waals surface area contributed by atoms with Gasteiger partial charge in [-0.1, -0.05) is 63.8 Å². The molecule has 4 rings (SSSR count). The Labute approximate surface area is 244 Å². The van der Waals surface area contributed by atoms with Gasteiger partial charge in [-0.15, -0.1) is 0 Å². The lowest BCUT2D eigenvalue weighted by Gasteiger charge is -2.30. The van der Waals surface area contributed by atoms with Gasteiger partial charge in [0.1, 0.15) is 0 Å². The molecule has 1 nitrogen and oxygen atoms in total.